The molecule has 2 aromatic rings. The lowest BCUT2D eigenvalue weighted by atomic mass is 10.0. The van der Waals surface area contributed by atoms with Crippen LogP contribution < -0.4 is 9.47 Å². The van der Waals surface area contributed by atoms with Gasteiger partial charge in [-0.05, 0) is 25.5 Å². The highest BCUT2D eigenvalue weighted by molar-refractivity contribution is 5.92. The third-order valence-electron chi connectivity index (χ3n) is 2.97. The number of benzene rings is 1. The molecule has 1 aromatic carbocycles. The molecule has 0 bridgehead atoms. The van der Waals surface area contributed by atoms with Crippen molar-refractivity contribution in [2.24, 2.45) is 0 Å². The predicted octanol–water partition coefficient (Wildman–Crippen LogP) is 2.85. The van der Waals surface area contributed by atoms with Crippen molar-refractivity contribution in [3.63, 3.8) is 0 Å². The molecule has 0 atom stereocenters. The Labute approximate surface area is 104 Å². The van der Waals surface area contributed by atoms with Crippen molar-refractivity contribution in [3.05, 3.63) is 35.6 Å². The van der Waals surface area contributed by atoms with Gasteiger partial charge in [-0.3, -0.25) is 0 Å². The Morgan fingerprint density at radius 2 is 2.22 bits per heavy atom. The van der Waals surface area contributed by atoms with Crippen LogP contribution in [0.3, 0.4) is 0 Å². The summed E-state index contributed by atoms with van der Waals surface area (Å²) in [5.74, 6) is 0.553. The molecular weight excluding hydrogens is 232 g/mol. The Balaban J connectivity index is 2.30. The fourth-order valence-corrected chi connectivity index (χ4v) is 2.23. The Kier molecular flexibility index (Phi) is 2.37. The first-order valence-electron chi connectivity index (χ1n) is 5.65. The van der Waals surface area contributed by atoms with Gasteiger partial charge in [0, 0.05) is 17.0 Å². The van der Waals surface area contributed by atoms with Crippen LogP contribution in [0.5, 0.6) is 11.5 Å². The smallest absolute Gasteiger partial charge is 0.336 e. The molecule has 4 nitrogen and oxygen atoms in total. The summed E-state index contributed by atoms with van der Waals surface area (Å²) in [6.07, 6.45) is 3.76. The van der Waals surface area contributed by atoms with E-state index < -0.39 is 0 Å². The van der Waals surface area contributed by atoms with Gasteiger partial charge in [0.05, 0.1) is 13.4 Å². The van der Waals surface area contributed by atoms with Crippen molar-refractivity contribution in [2.45, 2.75) is 13.3 Å². The lowest BCUT2D eigenvalue weighted by Crippen LogP contribution is -2.05. The van der Waals surface area contributed by atoms with Gasteiger partial charge < -0.3 is 13.9 Å². The maximum Gasteiger partial charge on any atom is 0.336 e. The van der Waals surface area contributed by atoms with Crippen molar-refractivity contribution >= 4 is 16.9 Å². The fourth-order valence-electron chi connectivity index (χ4n) is 2.23. The Morgan fingerprint density at radius 1 is 1.39 bits per heavy atom. The van der Waals surface area contributed by atoms with Gasteiger partial charge in [0.25, 0.3) is 0 Å². The highest BCUT2D eigenvalue weighted by Gasteiger charge is 2.22. The number of hydrogen-bond acceptors (Lipinski definition) is 4. The molecule has 92 valence electrons. The molecule has 1 aliphatic heterocycles. The third kappa shape index (κ3) is 1.57. The molecule has 0 radical (unpaired) electrons. The highest BCUT2D eigenvalue weighted by Crippen LogP contribution is 2.41. The van der Waals surface area contributed by atoms with Crippen molar-refractivity contribution in [1.29, 1.82) is 0 Å². The van der Waals surface area contributed by atoms with Crippen LogP contribution in [0.4, 0.5) is 0 Å². The second-order valence-electron chi connectivity index (χ2n) is 4.33. The van der Waals surface area contributed by atoms with Gasteiger partial charge in [-0.1, -0.05) is 5.57 Å². The van der Waals surface area contributed by atoms with Crippen LogP contribution in [0.1, 0.15) is 12.5 Å². The number of carbonyl (C=O) groups is 1. The van der Waals surface area contributed by atoms with Crippen LogP contribution in [-0.2, 0) is 11.2 Å². The summed E-state index contributed by atoms with van der Waals surface area (Å²) >= 11 is 0. The van der Waals surface area contributed by atoms with Crippen LogP contribution in [0.25, 0.3) is 11.0 Å². The Morgan fingerprint density at radius 3 is 3.00 bits per heavy atom. The minimum Gasteiger partial charge on any atom is -0.490 e. The minimum atomic E-state index is -0.379. The number of carbonyl (C=O) groups excluding carboxylic acids is 1. The van der Waals surface area contributed by atoms with E-state index in [4.69, 9.17) is 13.9 Å². The number of hydrogen-bond donors (Lipinski definition) is 0. The van der Waals surface area contributed by atoms with Crippen molar-refractivity contribution in [2.75, 3.05) is 7.11 Å². The van der Waals surface area contributed by atoms with Crippen LogP contribution in [0.15, 0.2) is 34.5 Å². The zero-order chi connectivity index (χ0) is 12.7. The van der Waals surface area contributed by atoms with E-state index >= 15 is 0 Å². The van der Waals surface area contributed by atoms with Gasteiger partial charge in [-0.2, -0.15) is 0 Å². The van der Waals surface area contributed by atoms with E-state index in [1.807, 2.05) is 19.1 Å². The van der Waals surface area contributed by atoms with Gasteiger partial charge in [0.15, 0.2) is 11.3 Å². The van der Waals surface area contributed by atoms with E-state index in [9.17, 15) is 4.79 Å². The Bertz CT molecular complexity index is 664. The van der Waals surface area contributed by atoms with E-state index in [-0.39, 0.29) is 5.97 Å². The molecule has 3 rings (SSSR count). The summed E-state index contributed by atoms with van der Waals surface area (Å²) in [6, 6.07) is 3.83. The number of furan rings is 1. The summed E-state index contributed by atoms with van der Waals surface area (Å²) in [5, 5.41) is 0.941. The van der Waals surface area contributed by atoms with Gasteiger partial charge in [-0.25, -0.2) is 4.79 Å². The second kappa shape index (κ2) is 3.91. The van der Waals surface area contributed by atoms with Crippen LogP contribution >= 0.6 is 0 Å². The van der Waals surface area contributed by atoms with Crippen molar-refractivity contribution in [3.8, 4) is 11.5 Å². The molecular formula is C14H12O4. The maximum absolute atomic E-state index is 11.6. The first-order valence-corrected chi connectivity index (χ1v) is 5.65. The standard InChI is InChI=1S/C14H12O4/c1-8-5-10-7-9-3-4-17-12(9)14(16-2)13(10)18-11(15)6-8/h3-4,6-7H,5H2,1-2H3. The number of fused-ring (bicyclic) bond motifs is 2. The number of ether oxygens (including phenoxy) is 2. The van der Waals surface area contributed by atoms with Crippen LogP contribution in [0, 0.1) is 0 Å². The molecule has 0 unspecified atom stereocenters. The van der Waals surface area contributed by atoms with Crippen LogP contribution in [0.2, 0.25) is 0 Å². The zero-order valence-electron chi connectivity index (χ0n) is 10.1. The van der Waals surface area contributed by atoms with Gasteiger partial charge in [0.2, 0.25) is 5.75 Å². The van der Waals surface area contributed by atoms with Gasteiger partial charge in [0.1, 0.15) is 0 Å². The summed E-state index contributed by atoms with van der Waals surface area (Å²) in [5.41, 5.74) is 2.49. The molecule has 0 saturated carbocycles. The summed E-state index contributed by atoms with van der Waals surface area (Å²) in [6.45, 7) is 1.91. The molecule has 0 aliphatic carbocycles. The fraction of sp³-hybridized carbons (Fsp3) is 0.214. The first kappa shape index (κ1) is 10.9. The molecule has 0 saturated heterocycles. The summed E-state index contributed by atoms with van der Waals surface area (Å²) in [7, 11) is 1.54. The van der Waals surface area contributed by atoms with Crippen molar-refractivity contribution in [1.82, 2.24) is 0 Å². The predicted molar refractivity (Wildman–Crippen MR) is 65.9 cm³/mol. The molecule has 4 heteroatoms. The number of rotatable bonds is 1. The monoisotopic (exact) mass is 244 g/mol. The maximum atomic E-state index is 11.6. The first-order chi connectivity index (χ1) is 8.69. The molecule has 0 fully saturated rings. The molecule has 1 aliphatic rings. The Hall–Kier alpha value is -2.23. The van der Waals surface area contributed by atoms with E-state index in [0.717, 1.165) is 16.5 Å². The van der Waals surface area contributed by atoms with Crippen molar-refractivity contribution < 1.29 is 18.7 Å². The third-order valence-corrected chi connectivity index (χ3v) is 2.97. The molecule has 18 heavy (non-hydrogen) atoms. The number of esters is 1. The molecule has 2 heterocycles. The largest absolute Gasteiger partial charge is 0.490 e. The van der Waals surface area contributed by atoms with E-state index in [2.05, 4.69) is 0 Å². The normalized spacial score (nSPS) is 14.8. The second-order valence-corrected chi connectivity index (χ2v) is 4.33. The van der Waals surface area contributed by atoms with Crippen LogP contribution in [-0.4, -0.2) is 13.1 Å². The minimum absolute atomic E-state index is 0.379. The molecule has 0 spiro atoms. The number of allylic oxidation sites excluding steroid dienone is 1. The highest BCUT2D eigenvalue weighted by atomic mass is 16.6. The quantitative estimate of drug-likeness (QED) is 0.571. The summed E-state index contributed by atoms with van der Waals surface area (Å²) in [4.78, 5) is 11.6. The summed E-state index contributed by atoms with van der Waals surface area (Å²) < 4.78 is 16.0. The van der Waals surface area contributed by atoms with E-state index in [1.54, 1.807) is 6.26 Å². The SMILES string of the molecule is COc1c2c(cc3ccoc13)CC(C)=CC(=O)O2. The van der Waals surface area contributed by atoms with Gasteiger partial charge >= 0.3 is 5.97 Å². The average molecular weight is 244 g/mol. The topological polar surface area (TPSA) is 48.7 Å². The molecule has 0 amide bonds. The molecule has 1 aromatic heterocycles. The number of methoxy groups -OCH3 is 1. The van der Waals surface area contributed by atoms with E-state index in [1.165, 1.54) is 13.2 Å². The molecule has 0 N–H and O–H groups in total. The van der Waals surface area contributed by atoms with E-state index in [0.29, 0.717) is 23.5 Å². The van der Waals surface area contributed by atoms with Gasteiger partial charge in [-0.15, -0.1) is 0 Å². The lowest BCUT2D eigenvalue weighted by Gasteiger charge is -2.11. The lowest BCUT2D eigenvalue weighted by molar-refractivity contribution is -0.129. The zero-order valence-corrected chi connectivity index (χ0v) is 10.1. The average Bonchev–Trinajstić information content (AvgIpc) is 2.71.